The highest BCUT2D eigenvalue weighted by molar-refractivity contribution is 6.46. The molecule has 200 valence electrons. The lowest BCUT2D eigenvalue weighted by molar-refractivity contribution is -0.127. The van der Waals surface area contributed by atoms with Crippen LogP contribution in [-0.4, -0.2) is 41.9 Å². The zero-order valence-corrected chi connectivity index (χ0v) is 20.5. The third-order valence-corrected chi connectivity index (χ3v) is 5.48. The SMILES string of the molecule is CNC(=O)C(=N)c1c(N)cc(-c2cc(F)c(N=O)cc2CC(F)(F)F)nc1NCc1cc(C)cnc1NC. The van der Waals surface area contributed by atoms with Gasteiger partial charge in [0.2, 0.25) is 0 Å². The second kappa shape index (κ2) is 11.2. The average Bonchev–Trinajstić information content (AvgIpc) is 2.86. The van der Waals surface area contributed by atoms with E-state index in [1.807, 2.05) is 13.0 Å². The highest BCUT2D eigenvalue weighted by atomic mass is 19.4. The largest absolute Gasteiger partial charge is 0.398 e. The number of nitrogens with zero attached hydrogens (tertiary/aromatic N) is 3. The number of nitrogen functional groups attached to an aromatic ring is 1. The van der Waals surface area contributed by atoms with Crippen LogP contribution in [0.5, 0.6) is 0 Å². The number of carbonyl (C=O) groups is 1. The van der Waals surface area contributed by atoms with E-state index in [0.29, 0.717) is 17.4 Å². The topological polar surface area (TPSA) is 158 Å². The number of alkyl halides is 3. The Balaban J connectivity index is 2.20. The van der Waals surface area contributed by atoms with Gasteiger partial charge in [0.15, 0.2) is 5.82 Å². The Kier molecular flexibility index (Phi) is 8.23. The Hall–Kier alpha value is -4.62. The predicted octanol–water partition coefficient (Wildman–Crippen LogP) is 4.44. The lowest BCUT2D eigenvalue weighted by Crippen LogP contribution is -2.29. The quantitative estimate of drug-likeness (QED) is 0.155. The van der Waals surface area contributed by atoms with Gasteiger partial charge in [-0.05, 0) is 47.5 Å². The van der Waals surface area contributed by atoms with Crippen molar-refractivity contribution >= 4 is 34.6 Å². The third-order valence-electron chi connectivity index (χ3n) is 5.48. The second-order valence-electron chi connectivity index (χ2n) is 8.24. The fourth-order valence-electron chi connectivity index (χ4n) is 3.78. The summed E-state index contributed by atoms with van der Waals surface area (Å²) in [6, 6.07) is 4.38. The Morgan fingerprint density at radius 2 is 1.84 bits per heavy atom. The summed E-state index contributed by atoms with van der Waals surface area (Å²) in [6.45, 7) is 1.90. The van der Waals surface area contributed by atoms with E-state index >= 15 is 0 Å². The first-order valence-corrected chi connectivity index (χ1v) is 11.1. The van der Waals surface area contributed by atoms with E-state index in [9.17, 15) is 27.3 Å². The van der Waals surface area contributed by atoms with E-state index in [1.165, 1.54) is 7.05 Å². The zero-order chi connectivity index (χ0) is 28.2. The van der Waals surface area contributed by atoms with Gasteiger partial charge in [-0.1, -0.05) is 0 Å². The molecule has 0 bridgehead atoms. The van der Waals surface area contributed by atoms with Crippen LogP contribution in [-0.2, 0) is 17.8 Å². The zero-order valence-electron chi connectivity index (χ0n) is 20.5. The monoisotopic (exact) mass is 532 g/mol. The summed E-state index contributed by atoms with van der Waals surface area (Å²) < 4.78 is 54.3. The van der Waals surface area contributed by atoms with Gasteiger partial charge in [-0.3, -0.25) is 10.2 Å². The number of likely N-dealkylation sites (N-methyl/N-ethyl adjacent to an activating group) is 1. The fraction of sp³-hybridized carbons (Fsp3) is 0.250. The number of nitrogens with one attached hydrogen (secondary N) is 4. The Morgan fingerprint density at radius 3 is 2.45 bits per heavy atom. The van der Waals surface area contributed by atoms with Gasteiger partial charge in [0.05, 0.1) is 17.7 Å². The summed E-state index contributed by atoms with van der Waals surface area (Å²) in [4.78, 5) is 31.8. The predicted molar refractivity (Wildman–Crippen MR) is 136 cm³/mol. The van der Waals surface area contributed by atoms with Crippen LogP contribution in [0.15, 0.2) is 35.6 Å². The fourth-order valence-corrected chi connectivity index (χ4v) is 3.78. The number of aryl methyl sites for hydroxylation is 1. The molecular formula is C24H24F4N8O2. The maximum Gasteiger partial charge on any atom is 0.393 e. The lowest BCUT2D eigenvalue weighted by atomic mass is 9.98. The van der Waals surface area contributed by atoms with Gasteiger partial charge in [0, 0.05) is 43.7 Å². The molecule has 2 aromatic heterocycles. The van der Waals surface area contributed by atoms with Crippen LogP contribution in [0.4, 0.5) is 40.6 Å². The average molecular weight is 533 g/mol. The van der Waals surface area contributed by atoms with Crippen molar-refractivity contribution in [1.82, 2.24) is 15.3 Å². The summed E-state index contributed by atoms with van der Waals surface area (Å²) in [5, 5.41) is 18.9. The van der Waals surface area contributed by atoms with E-state index in [-0.39, 0.29) is 34.9 Å². The molecule has 14 heteroatoms. The molecule has 10 nitrogen and oxygen atoms in total. The second-order valence-corrected chi connectivity index (χ2v) is 8.24. The first-order chi connectivity index (χ1) is 17.9. The van der Waals surface area contributed by atoms with Crippen molar-refractivity contribution in [3.63, 3.8) is 0 Å². The molecule has 0 aliphatic carbocycles. The van der Waals surface area contributed by atoms with Crippen molar-refractivity contribution < 1.29 is 22.4 Å². The van der Waals surface area contributed by atoms with Crippen LogP contribution < -0.4 is 21.7 Å². The molecule has 0 unspecified atom stereocenters. The molecule has 0 aliphatic rings. The summed E-state index contributed by atoms with van der Waals surface area (Å²) in [5.74, 6) is -1.51. The van der Waals surface area contributed by atoms with Gasteiger partial charge in [0.25, 0.3) is 5.91 Å². The first-order valence-electron chi connectivity index (χ1n) is 11.1. The van der Waals surface area contributed by atoms with Gasteiger partial charge < -0.3 is 21.7 Å². The molecule has 0 spiro atoms. The molecular weight excluding hydrogens is 508 g/mol. The maximum atomic E-state index is 14.4. The van der Waals surface area contributed by atoms with Crippen molar-refractivity contribution in [3.8, 4) is 11.3 Å². The van der Waals surface area contributed by atoms with Crippen LogP contribution in [0.3, 0.4) is 0 Å². The van der Waals surface area contributed by atoms with Gasteiger partial charge in [0.1, 0.15) is 23.0 Å². The molecule has 0 atom stereocenters. The van der Waals surface area contributed by atoms with E-state index in [2.05, 4.69) is 31.1 Å². The van der Waals surface area contributed by atoms with Crippen molar-refractivity contribution in [2.45, 2.75) is 26.1 Å². The van der Waals surface area contributed by atoms with Crippen LogP contribution in [0, 0.1) is 23.1 Å². The molecule has 3 aromatic rings. The van der Waals surface area contributed by atoms with Crippen LogP contribution in [0.1, 0.15) is 22.3 Å². The van der Waals surface area contributed by atoms with Gasteiger partial charge in [-0.25, -0.2) is 14.4 Å². The molecule has 1 amide bonds. The van der Waals surface area contributed by atoms with E-state index in [4.69, 9.17) is 11.1 Å². The van der Waals surface area contributed by atoms with Crippen molar-refractivity contribution in [1.29, 1.82) is 5.41 Å². The highest BCUT2D eigenvalue weighted by Crippen LogP contribution is 2.36. The van der Waals surface area contributed by atoms with Crippen LogP contribution in [0.2, 0.25) is 0 Å². The number of rotatable bonds is 9. The number of benzene rings is 1. The van der Waals surface area contributed by atoms with Gasteiger partial charge in [-0.15, -0.1) is 4.91 Å². The number of pyridine rings is 2. The van der Waals surface area contributed by atoms with Crippen molar-refractivity contribution in [3.05, 3.63) is 63.4 Å². The minimum atomic E-state index is -4.69. The van der Waals surface area contributed by atoms with Gasteiger partial charge in [-0.2, -0.15) is 13.2 Å². The van der Waals surface area contributed by atoms with Crippen molar-refractivity contribution in [2.75, 3.05) is 30.5 Å². The normalized spacial score (nSPS) is 11.1. The van der Waals surface area contributed by atoms with Crippen molar-refractivity contribution in [2.24, 2.45) is 5.18 Å². The number of carbonyl (C=O) groups excluding carboxylic acids is 1. The smallest absolute Gasteiger partial charge is 0.393 e. The summed E-state index contributed by atoms with van der Waals surface area (Å²) in [6.07, 6.45) is -4.54. The van der Waals surface area contributed by atoms with E-state index < -0.39 is 41.3 Å². The first kappa shape index (κ1) is 28.0. The van der Waals surface area contributed by atoms with Crippen LogP contribution in [0.25, 0.3) is 11.3 Å². The van der Waals surface area contributed by atoms with Crippen LogP contribution >= 0.6 is 0 Å². The number of hydrogen-bond acceptors (Lipinski definition) is 9. The molecule has 0 fully saturated rings. The Morgan fingerprint density at radius 1 is 1.13 bits per heavy atom. The number of amides is 1. The summed E-state index contributed by atoms with van der Waals surface area (Å²) in [7, 11) is 2.98. The number of halogens is 4. The highest BCUT2D eigenvalue weighted by Gasteiger charge is 2.31. The minimum absolute atomic E-state index is 0.0759. The number of nitrogens with two attached hydrogens (primary N) is 1. The van der Waals surface area contributed by atoms with E-state index in [0.717, 1.165) is 17.7 Å². The molecule has 6 N–H and O–H groups in total. The molecule has 0 saturated carbocycles. The molecule has 0 aliphatic heterocycles. The maximum absolute atomic E-state index is 14.4. The molecule has 38 heavy (non-hydrogen) atoms. The number of anilines is 3. The number of aromatic nitrogens is 2. The Labute approximate surface area is 214 Å². The Bertz CT molecular complexity index is 1410. The number of nitroso groups, excluding NO2 is 1. The minimum Gasteiger partial charge on any atom is -0.398 e. The molecule has 2 heterocycles. The lowest BCUT2D eigenvalue weighted by Gasteiger charge is -2.18. The van der Waals surface area contributed by atoms with Gasteiger partial charge >= 0.3 is 6.18 Å². The summed E-state index contributed by atoms with van der Waals surface area (Å²) >= 11 is 0. The summed E-state index contributed by atoms with van der Waals surface area (Å²) in [5.41, 5.74) is 5.16. The third kappa shape index (κ3) is 6.19. The van der Waals surface area contributed by atoms with E-state index in [1.54, 1.807) is 13.2 Å². The molecule has 0 radical (unpaired) electrons. The number of hydrogen-bond donors (Lipinski definition) is 5. The standard InChI is InChI=1S/C24H24F4N8O2/c1-11-4-13(21(31-2)33-9-11)10-34-22-19(20(30)23(37)32-3)16(29)7-17(35-22)14-6-15(25)18(36-38)5-12(14)8-24(26,27)28/h4-7,9,30H,8,10H2,1-3H3,(H,31,33)(H,32,37)(H3,29,34,35). The molecule has 0 saturated heterocycles. The molecule has 1 aromatic carbocycles. The molecule has 3 rings (SSSR count).